The molecule has 2 aromatic heterocycles. The lowest BCUT2D eigenvalue weighted by Crippen LogP contribution is -1.97. The van der Waals surface area contributed by atoms with Crippen LogP contribution in [0.1, 0.15) is 11.3 Å². The van der Waals surface area contributed by atoms with E-state index in [9.17, 15) is 0 Å². The molecule has 0 unspecified atom stereocenters. The van der Waals surface area contributed by atoms with E-state index in [4.69, 9.17) is 16.5 Å². The average Bonchev–Trinajstić information content (AvgIpc) is 2.69. The van der Waals surface area contributed by atoms with Gasteiger partial charge in [0, 0.05) is 29.0 Å². The molecule has 0 saturated heterocycles. The van der Waals surface area contributed by atoms with Crippen LogP contribution in [0, 0.1) is 20.4 Å². The largest absolute Gasteiger partial charge is 0.264 e. The molecule has 0 aliphatic heterocycles. The van der Waals surface area contributed by atoms with Crippen molar-refractivity contribution >= 4 is 16.6 Å². The van der Waals surface area contributed by atoms with Crippen LogP contribution in [0.25, 0.3) is 38.3 Å². The van der Waals surface area contributed by atoms with Crippen molar-refractivity contribution in [1.82, 2.24) is 15.0 Å². The highest BCUT2D eigenvalue weighted by atomic mass is 14.9. The first-order valence-electron chi connectivity index (χ1n) is 8.33. The van der Waals surface area contributed by atoms with Crippen LogP contribution in [0.5, 0.6) is 0 Å². The first kappa shape index (κ1) is 15.9. The SMILES string of the molecule is [C-]#[N+]c1ccc(-c2ccc3nc(-c4cccnc4)nc(C)c3c2C)cc1. The number of hydrogen-bond donors (Lipinski definition) is 0. The minimum absolute atomic E-state index is 0.646. The summed E-state index contributed by atoms with van der Waals surface area (Å²) in [6, 6.07) is 15.7. The fourth-order valence-electron chi connectivity index (χ4n) is 3.25. The van der Waals surface area contributed by atoms with Gasteiger partial charge in [0.1, 0.15) is 0 Å². The van der Waals surface area contributed by atoms with Crippen LogP contribution in [0.2, 0.25) is 0 Å². The summed E-state index contributed by atoms with van der Waals surface area (Å²) in [4.78, 5) is 17.1. The Morgan fingerprint density at radius 3 is 2.38 bits per heavy atom. The van der Waals surface area contributed by atoms with Gasteiger partial charge < -0.3 is 0 Å². The fraction of sp³-hybridized carbons (Fsp3) is 0.0909. The predicted molar refractivity (Wildman–Crippen MR) is 104 cm³/mol. The van der Waals surface area contributed by atoms with Crippen molar-refractivity contribution in [3.8, 4) is 22.5 Å². The van der Waals surface area contributed by atoms with Gasteiger partial charge in [-0.1, -0.05) is 30.3 Å². The van der Waals surface area contributed by atoms with Gasteiger partial charge in [-0.15, -0.1) is 0 Å². The van der Waals surface area contributed by atoms with Crippen molar-refractivity contribution in [2.75, 3.05) is 0 Å². The van der Waals surface area contributed by atoms with Crippen LogP contribution in [0.4, 0.5) is 5.69 Å². The molecule has 0 N–H and O–H groups in total. The van der Waals surface area contributed by atoms with E-state index in [1.807, 2.05) is 49.4 Å². The fourth-order valence-corrected chi connectivity index (χ4v) is 3.25. The highest BCUT2D eigenvalue weighted by Crippen LogP contribution is 2.32. The molecule has 124 valence electrons. The van der Waals surface area contributed by atoms with Crippen LogP contribution >= 0.6 is 0 Å². The topological polar surface area (TPSA) is 43.0 Å². The molecule has 0 atom stereocenters. The average molecular weight is 336 g/mol. The molecule has 4 heteroatoms. The first-order chi connectivity index (χ1) is 12.7. The van der Waals surface area contributed by atoms with Crippen molar-refractivity contribution in [3.05, 3.63) is 83.6 Å². The van der Waals surface area contributed by atoms with E-state index >= 15 is 0 Å². The molecule has 2 heterocycles. The second kappa shape index (κ2) is 6.38. The molecule has 0 saturated carbocycles. The van der Waals surface area contributed by atoms with E-state index in [2.05, 4.69) is 22.8 Å². The zero-order valence-electron chi connectivity index (χ0n) is 14.6. The molecule has 0 aliphatic rings. The van der Waals surface area contributed by atoms with E-state index in [1.165, 1.54) is 0 Å². The van der Waals surface area contributed by atoms with Gasteiger partial charge in [-0.05, 0) is 48.7 Å². The first-order valence-corrected chi connectivity index (χ1v) is 8.33. The third kappa shape index (κ3) is 2.70. The van der Waals surface area contributed by atoms with Crippen LogP contribution < -0.4 is 0 Å². The van der Waals surface area contributed by atoms with Crippen LogP contribution in [-0.4, -0.2) is 15.0 Å². The summed E-state index contributed by atoms with van der Waals surface area (Å²) in [5, 5.41) is 1.07. The van der Waals surface area contributed by atoms with Crippen LogP contribution in [0.3, 0.4) is 0 Å². The Balaban J connectivity index is 1.88. The van der Waals surface area contributed by atoms with Gasteiger partial charge in [0.15, 0.2) is 11.5 Å². The van der Waals surface area contributed by atoms with Gasteiger partial charge in [0.25, 0.3) is 0 Å². The smallest absolute Gasteiger partial charge is 0.187 e. The summed E-state index contributed by atoms with van der Waals surface area (Å²) >= 11 is 0. The number of benzene rings is 2. The molecule has 26 heavy (non-hydrogen) atoms. The Morgan fingerprint density at radius 1 is 0.885 bits per heavy atom. The van der Waals surface area contributed by atoms with E-state index in [1.54, 1.807) is 12.4 Å². The summed E-state index contributed by atoms with van der Waals surface area (Å²) in [5.41, 5.74) is 6.80. The molecular formula is C22H16N4. The molecular weight excluding hydrogens is 320 g/mol. The number of pyridine rings is 1. The van der Waals surface area contributed by atoms with Crippen molar-refractivity contribution in [3.63, 3.8) is 0 Å². The molecule has 0 amide bonds. The van der Waals surface area contributed by atoms with E-state index < -0.39 is 0 Å². The summed E-state index contributed by atoms with van der Waals surface area (Å²) in [7, 11) is 0. The lowest BCUT2D eigenvalue weighted by molar-refractivity contribution is 1.14. The number of hydrogen-bond acceptors (Lipinski definition) is 3. The summed E-state index contributed by atoms with van der Waals surface area (Å²) in [5.74, 6) is 0.691. The Labute approximate surface area is 152 Å². The Morgan fingerprint density at radius 2 is 1.69 bits per heavy atom. The second-order valence-corrected chi connectivity index (χ2v) is 6.17. The number of aryl methyl sites for hydroxylation is 2. The van der Waals surface area contributed by atoms with Crippen molar-refractivity contribution < 1.29 is 0 Å². The maximum atomic E-state index is 7.09. The van der Waals surface area contributed by atoms with Crippen LogP contribution in [0.15, 0.2) is 60.9 Å². The van der Waals surface area contributed by atoms with Gasteiger partial charge >= 0.3 is 0 Å². The van der Waals surface area contributed by atoms with Crippen LogP contribution in [-0.2, 0) is 0 Å². The number of aromatic nitrogens is 3. The van der Waals surface area contributed by atoms with Crippen molar-refractivity contribution in [2.45, 2.75) is 13.8 Å². The minimum atomic E-state index is 0.646. The lowest BCUT2D eigenvalue weighted by atomic mass is 9.96. The zero-order valence-corrected chi connectivity index (χ0v) is 14.6. The number of fused-ring (bicyclic) bond motifs is 1. The maximum Gasteiger partial charge on any atom is 0.187 e. The number of nitrogens with zero attached hydrogens (tertiary/aromatic N) is 4. The molecule has 0 aliphatic carbocycles. The van der Waals surface area contributed by atoms with Crippen molar-refractivity contribution in [1.29, 1.82) is 0 Å². The molecule has 4 nitrogen and oxygen atoms in total. The van der Waals surface area contributed by atoms with Gasteiger partial charge in [-0.2, -0.15) is 0 Å². The minimum Gasteiger partial charge on any atom is -0.264 e. The zero-order chi connectivity index (χ0) is 18.1. The molecule has 0 spiro atoms. The highest BCUT2D eigenvalue weighted by Gasteiger charge is 2.12. The summed E-state index contributed by atoms with van der Waals surface area (Å²) in [6.45, 7) is 11.2. The highest BCUT2D eigenvalue weighted by molar-refractivity contribution is 5.91. The molecule has 0 bridgehead atoms. The predicted octanol–water partition coefficient (Wildman–Crippen LogP) is 5.53. The lowest BCUT2D eigenvalue weighted by Gasteiger charge is -2.12. The Bertz CT molecular complexity index is 1140. The maximum absolute atomic E-state index is 7.09. The summed E-state index contributed by atoms with van der Waals surface area (Å²) < 4.78 is 0. The van der Waals surface area contributed by atoms with E-state index in [0.717, 1.165) is 38.9 Å². The molecule has 0 radical (unpaired) electrons. The molecule has 2 aromatic carbocycles. The van der Waals surface area contributed by atoms with E-state index in [0.29, 0.717) is 11.5 Å². The van der Waals surface area contributed by atoms with Gasteiger partial charge in [-0.25, -0.2) is 14.8 Å². The van der Waals surface area contributed by atoms with Gasteiger partial charge in [0.2, 0.25) is 0 Å². The normalized spacial score (nSPS) is 10.7. The second-order valence-electron chi connectivity index (χ2n) is 6.17. The number of rotatable bonds is 2. The Kier molecular flexibility index (Phi) is 3.91. The summed E-state index contributed by atoms with van der Waals surface area (Å²) in [6.07, 6.45) is 3.52. The molecule has 4 aromatic rings. The molecule has 4 rings (SSSR count). The molecule has 0 fully saturated rings. The van der Waals surface area contributed by atoms with E-state index in [-0.39, 0.29) is 0 Å². The quantitative estimate of drug-likeness (QED) is 0.452. The third-order valence-corrected chi connectivity index (χ3v) is 4.53. The monoisotopic (exact) mass is 336 g/mol. The third-order valence-electron chi connectivity index (χ3n) is 4.53. The van der Waals surface area contributed by atoms with Gasteiger partial charge in [0.05, 0.1) is 12.1 Å². The van der Waals surface area contributed by atoms with Gasteiger partial charge in [-0.3, -0.25) is 4.98 Å². The van der Waals surface area contributed by atoms with Crippen molar-refractivity contribution in [2.24, 2.45) is 0 Å². The Hall–Kier alpha value is -3.58. The standard InChI is InChI=1S/C22H16N4/c1-14-19(16-6-8-18(23-3)9-7-16)10-11-20-21(14)15(2)25-22(26-20)17-5-4-12-24-13-17/h4-13H,1-2H3.